The largest absolute Gasteiger partial charge is 0.390 e. The number of fused-ring (bicyclic) bond motifs is 2. The Balaban J connectivity index is 1.56. The lowest BCUT2D eigenvalue weighted by molar-refractivity contribution is -0.187. The van der Waals surface area contributed by atoms with Crippen molar-refractivity contribution in [2.45, 2.75) is 73.8 Å². The van der Waals surface area contributed by atoms with E-state index in [2.05, 4.69) is 0 Å². The summed E-state index contributed by atoms with van der Waals surface area (Å²) in [4.78, 5) is 0. The molecule has 3 aliphatic rings. The molecule has 3 saturated heterocycles. The lowest BCUT2D eigenvalue weighted by atomic mass is 9.82. The molecule has 5 heteroatoms. The van der Waals surface area contributed by atoms with Crippen LogP contribution in [0.3, 0.4) is 0 Å². The first-order chi connectivity index (χ1) is 9.16. The zero-order chi connectivity index (χ0) is 13.3. The van der Waals surface area contributed by atoms with Crippen LogP contribution in [-0.4, -0.2) is 44.9 Å². The molecule has 2 unspecified atom stereocenters. The monoisotopic (exact) mass is 288 g/mol. The van der Waals surface area contributed by atoms with Crippen LogP contribution < -0.4 is 0 Å². The highest BCUT2D eigenvalue weighted by Crippen LogP contribution is 2.41. The Bertz CT molecular complexity index is 324. The Morgan fingerprint density at radius 3 is 2.37 bits per heavy atom. The second-order valence-electron chi connectivity index (χ2n) is 6.20. The second kappa shape index (κ2) is 5.80. The van der Waals surface area contributed by atoms with E-state index in [-0.39, 0.29) is 16.8 Å². The molecule has 0 aliphatic carbocycles. The van der Waals surface area contributed by atoms with Gasteiger partial charge in [0.2, 0.25) is 0 Å². The number of ether oxygens (including phenoxy) is 2. The molecule has 0 aromatic carbocycles. The predicted octanol–water partition coefficient (Wildman–Crippen LogP) is 1.72. The maximum Gasteiger partial charge on any atom is 0.157 e. The minimum absolute atomic E-state index is 0.148. The van der Waals surface area contributed by atoms with Crippen molar-refractivity contribution in [3.05, 3.63) is 0 Å². The van der Waals surface area contributed by atoms with Gasteiger partial charge in [-0.15, -0.1) is 0 Å². The summed E-state index contributed by atoms with van der Waals surface area (Å²) in [5, 5.41) is 11.2. The van der Waals surface area contributed by atoms with Crippen molar-refractivity contribution in [3.8, 4) is 0 Å². The molecule has 110 valence electrons. The highest BCUT2D eigenvalue weighted by atomic mass is 32.2. The summed E-state index contributed by atoms with van der Waals surface area (Å²) in [6, 6.07) is 0. The van der Waals surface area contributed by atoms with Gasteiger partial charge in [-0.2, -0.15) is 0 Å². The predicted molar refractivity (Wildman–Crippen MR) is 73.3 cm³/mol. The average Bonchev–Trinajstić information content (AvgIpc) is 2.40. The fourth-order valence-electron chi connectivity index (χ4n) is 3.67. The van der Waals surface area contributed by atoms with Gasteiger partial charge < -0.3 is 14.6 Å². The molecule has 3 rings (SSSR count). The number of hydrogen-bond donors (Lipinski definition) is 1. The summed E-state index contributed by atoms with van der Waals surface area (Å²) in [5.41, 5.74) is -0.645. The van der Waals surface area contributed by atoms with Crippen LogP contribution in [0.2, 0.25) is 0 Å². The highest BCUT2D eigenvalue weighted by molar-refractivity contribution is 7.86. The van der Waals surface area contributed by atoms with E-state index in [0.29, 0.717) is 19.3 Å². The first kappa shape index (κ1) is 14.0. The van der Waals surface area contributed by atoms with Crippen LogP contribution in [0.25, 0.3) is 0 Å². The summed E-state index contributed by atoms with van der Waals surface area (Å²) in [5.74, 6) is 0. The van der Waals surface area contributed by atoms with Crippen molar-refractivity contribution >= 4 is 10.8 Å². The van der Waals surface area contributed by atoms with Crippen molar-refractivity contribution in [3.63, 3.8) is 0 Å². The van der Waals surface area contributed by atoms with E-state index in [4.69, 9.17) is 9.47 Å². The molecule has 0 spiro atoms. The molecule has 1 N–H and O–H groups in total. The van der Waals surface area contributed by atoms with E-state index in [1.807, 2.05) is 0 Å². The van der Waals surface area contributed by atoms with Gasteiger partial charge in [0, 0.05) is 27.7 Å². The standard InChI is InChI=1S/C14H24O4S/c15-14(6-5-13-17-7-2-8-18-13)9-11-3-1-4-12(10-14)19(11)16/h11-13,15H,1-10H2. The van der Waals surface area contributed by atoms with Crippen LogP contribution >= 0.6 is 0 Å². The van der Waals surface area contributed by atoms with Crippen LogP contribution in [0.5, 0.6) is 0 Å². The lowest BCUT2D eigenvalue weighted by Gasteiger charge is -2.44. The molecule has 2 atom stereocenters. The maximum atomic E-state index is 12.2. The fourth-order valence-corrected chi connectivity index (χ4v) is 5.96. The van der Waals surface area contributed by atoms with Crippen LogP contribution in [0, 0.1) is 0 Å². The SMILES string of the molecule is O=S1C2CCCC1CC(O)(CCC1OCCCO1)C2. The van der Waals surface area contributed by atoms with E-state index >= 15 is 0 Å². The molecular weight excluding hydrogens is 264 g/mol. The van der Waals surface area contributed by atoms with Crippen LogP contribution in [0.15, 0.2) is 0 Å². The van der Waals surface area contributed by atoms with Gasteiger partial charge >= 0.3 is 0 Å². The van der Waals surface area contributed by atoms with E-state index in [1.165, 1.54) is 6.42 Å². The molecule has 0 amide bonds. The Labute approximate surface area is 117 Å². The average molecular weight is 288 g/mol. The third-order valence-corrected chi connectivity index (χ3v) is 6.78. The molecule has 3 fully saturated rings. The van der Waals surface area contributed by atoms with Gasteiger partial charge in [0.15, 0.2) is 6.29 Å². The van der Waals surface area contributed by atoms with Crippen LogP contribution in [0.4, 0.5) is 0 Å². The molecule has 3 heterocycles. The zero-order valence-corrected chi connectivity index (χ0v) is 12.2. The van der Waals surface area contributed by atoms with Gasteiger partial charge in [-0.3, -0.25) is 4.21 Å². The van der Waals surface area contributed by atoms with E-state index < -0.39 is 16.4 Å². The first-order valence-corrected chi connectivity index (χ1v) is 8.79. The summed E-state index contributed by atoms with van der Waals surface area (Å²) in [6.07, 6.45) is 6.88. The zero-order valence-electron chi connectivity index (χ0n) is 11.4. The minimum atomic E-state index is -0.713. The Hall–Kier alpha value is 0.0300. The van der Waals surface area contributed by atoms with Gasteiger partial charge in [0.1, 0.15) is 0 Å². The quantitative estimate of drug-likeness (QED) is 0.859. The third-order valence-electron chi connectivity index (χ3n) is 4.67. The van der Waals surface area contributed by atoms with Crippen molar-refractivity contribution in [1.29, 1.82) is 0 Å². The van der Waals surface area contributed by atoms with Gasteiger partial charge in [-0.05, 0) is 38.5 Å². The van der Waals surface area contributed by atoms with Gasteiger partial charge in [0.25, 0.3) is 0 Å². The molecule has 4 nitrogen and oxygen atoms in total. The Morgan fingerprint density at radius 2 is 1.74 bits per heavy atom. The minimum Gasteiger partial charge on any atom is -0.390 e. The summed E-state index contributed by atoms with van der Waals surface area (Å²) in [6.45, 7) is 1.52. The Kier molecular flexibility index (Phi) is 4.27. The van der Waals surface area contributed by atoms with E-state index in [1.54, 1.807) is 0 Å². The van der Waals surface area contributed by atoms with Crippen molar-refractivity contribution in [2.24, 2.45) is 0 Å². The molecule has 0 saturated carbocycles. The number of rotatable bonds is 3. The van der Waals surface area contributed by atoms with E-state index in [0.717, 1.165) is 38.9 Å². The Morgan fingerprint density at radius 1 is 1.11 bits per heavy atom. The van der Waals surface area contributed by atoms with Crippen LogP contribution in [-0.2, 0) is 20.3 Å². The van der Waals surface area contributed by atoms with Crippen molar-refractivity contribution in [2.75, 3.05) is 13.2 Å². The summed E-state index contributed by atoms with van der Waals surface area (Å²) < 4.78 is 23.2. The van der Waals surface area contributed by atoms with Gasteiger partial charge in [-0.1, -0.05) is 6.42 Å². The van der Waals surface area contributed by atoms with Gasteiger partial charge in [-0.25, -0.2) is 0 Å². The number of aliphatic hydroxyl groups is 1. The molecule has 3 aliphatic heterocycles. The molecular formula is C14H24O4S. The van der Waals surface area contributed by atoms with Crippen molar-refractivity contribution in [1.82, 2.24) is 0 Å². The number of hydrogen-bond acceptors (Lipinski definition) is 4. The first-order valence-electron chi connectivity index (χ1n) is 7.51. The molecule has 19 heavy (non-hydrogen) atoms. The lowest BCUT2D eigenvalue weighted by Crippen LogP contribution is -2.49. The fraction of sp³-hybridized carbons (Fsp3) is 1.00. The maximum absolute atomic E-state index is 12.2. The smallest absolute Gasteiger partial charge is 0.157 e. The topological polar surface area (TPSA) is 55.8 Å². The van der Waals surface area contributed by atoms with Gasteiger partial charge in [0.05, 0.1) is 18.8 Å². The molecule has 0 radical (unpaired) electrons. The second-order valence-corrected chi connectivity index (χ2v) is 8.19. The van der Waals surface area contributed by atoms with Crippen molar-refractivity contribution < 1.29 is 18.8 Å². The van der Waals surface area contributed by atoms with E-state index in [9.17, 15) is 9.32 Å². The third kappa shape index (κ3) is 3.20. The highest BCUT2D eigenvalue weighted by Gasteiger charge is 2.45. The summed E-state index contributed by atoms with van der Waals surface area (Å²) in [7, 11) is -0.713. The molecule has 0 aromatic rings. The van der Waals surface area contributed by atoms with Crippen LogP contribution in [0.1, 0.15) is 51.4 Å². The molecule has 2 bridgehead atoms. The normalized spacial score (nSPS) is 44.2. The molecule has 0 aromatic heterocycles. The summed E-state index contributed by atoms with van der Waals surface area (Å²) >= 11 is 0.